The van der Waals surface area contributed by atoms with Gasteiger partial charge in [0.05, 0.1) is 17.2 Å². The summed E-state index contributed by atoms with van der Waals surface area (Å²) in [7, 11) is 0.407. The monoisotopic (exact) mass is 627 g/mol. The fraction of sp³-hybridized carbons (Fsp3) is 0.387. The van der Waals surface area contributed by atoms with E-state index >= 15 is 0 Å². The van der Waals surface area contributed by atoms with Crippen LogP contribution < -0.4 is 9.26 Å². The SMILES string of the molecule is COP(=O)(COc1cccc2c1C(=O)C1=C(O)C3(O)C(=O)C(C(C)=O)=C(O)C(N(C)C)C3CC1C2(C)O)Oc1ccccc1. The van der Waals surface area contributed by atoms with Crippen LogP contribution in [0.1, 0.15) is 36.2 Å². The minimum atomic E-state index is -3.90. The van der Waals surface area contributed by atoms with Gasteiger partial charge >= 0.3 is 7.60 Å². The zero-order valence-corrected chi connectivity index (χ0v) is 25.7. The van der Waals surface area contributed by atoms with Gasteiger partial charge in [-0.2, -0.15) is 0 Å². The Labute approximate surface area is 253 Å². The molecule has 12 nitrogen and oxygen atoms in total. The van der Waals surface area contributed by atoms with E-state index in [1.807, 2.05) is 0 Å². The lowest BCUT2D eigenvalue weighted by molar-refractivity contribution is -0.151. The second-order valence-corrected chi connectivity index (χ2v) is 13.6. The van der Waals surface area contributed by atoms with E-state index in [1.54, 1.807) is 44.4 Å². The highest BCUT2D eigenvalue weighted by atomic mass is 31.2. The Kier molecular flexibility index (Phi) is 7.89. The maximum atomic E-state index is 14.2. The molecule has 6 atom stereocenters. The van der Waals surface area contributed by atoms with Crippen LogP contribution in [0.5, 0.6) is 11.5 Å². The Morgan fingerprint density at radius 3 is 2.32 bits per heavy atom. The molecular formula is C31H34NO11P. The van der Waals surface area contributed by atoms with Crippen LogP contribution in [0.4, 0.5) is 0 Å². The molecule has 0 saturated carbocycles. The van der Waals surface area contributed by atoms with Crippen LogP contribution in [0.15, 0.2) is 71.2 Å². The van der Waals surface area contributed by atoms with Crippen LogP contribution in [-0.2, 0) is 24.3 Å². The number of likely N-dealkylation sites (N-methyl/N-ethyl adjacent to an activating group) is 1. The standard InChI is InChI=1S/C31H34NO11P/c1-16(33)22-27(35)25(32(3)4)20-14-19-24(29(37)31(20,39)28(22)36)26(34)23-18(30(19,2)38)12-9-13-21(23)42-15-44(40,41-5)43-17-10-7-6-8-11-17/h6-13,19-20,25,35,37-39H,14-15H2,1-5H3. The van der Waals surface area contributed by atoms with Crippen molar-refractivity contribution >= 4 is 24.9 Å². The minimum absolute atomic E-state index is 0.113. The molecule has 0 aromatic heterocycles. The molecule has 0 amide bonds. The average molecular weight is 628 g/mol. The molecule has 4 N–H and O–H groups in total. The van der Waals surface area contributed by atoms with Gasteiger partial charge < -0.3 is 34.2 Å². The van der Waals surface area contributed by atoms with Gasteiger partial charge in [0.25, 0.3) is 0 Å². The lowest BCUT2D eigenvalue weighted by atomic mass is 9.55. The number of ether oxygens (including phenoxy) is 1. The first-order valence-corrected chi connectivity index (χ1v) is 15.6. The van der Waals surface area contributed by atoms with Crippen LogP contribution in [0.2, 0.25) is 0 Å². The van der Waals surface area contributed by atoms with Gasteiger partial charge in [-0.3, -0.25) is 19.3 Å². The van der Waals surface area contributed by atoms with Crippen LogP contribution in [0.3, 0.4) is 0 Å². The maximum absolute atomic E-state index is 14.2. The second kappa shape index (κ2) is 11.0. The van der Waals surface area contributed by atoms with Crippen molar-refractivity contribution in [1.29, 1.82) is 0 Å². The summed E-state index contributed by atoms with van der Waals surface area (Å²) in [6.07, 6.45) is -0.841. The van der Waals surface area contributed by atoms with E-state index in [-0.39, 0.29) is 29.0 Å². The smallest absolute Gasteiger partial charge is 0.416 e. The van der Waals surface area contributed by atoms with Crippen molar-refractivity contribution in [2.75, 3.05) is 27.6 Å². The zero-order valence-electron chi connectivity index (χ0n) is 24.8. The Hall–Kier alpha value is -3.80. The summed E-state index contributed by atoms with van der Waals surface area (Å²) in [6, 6.07) is 11.6. The number of hydrogen-bond acceptors (Lipinski definition) is 12. The zero-order chi connectivity index (χ0) is 32.4. The molecule has 0 bridgehead atoms. The fourth-order valence-corrected chi connectivity index (χ4v) is 7.60. The Balaban J connectivity index is 1.61. The first-order chi connectivity index (χ1) is 20.6. The van der Waals surface area contributed by atoms with E-state index in [9.17, 15) is 39.4 Å². The van der Waals surface area contributed by atoms with E-state index in [0.29, 0.717) is 0 Å². The van der Waals surface area contributed by atoms with Crippen molar-refractivity contribution in [3.8, 4) is 11.5 Å². The van der Waals surface area contributed by atoms with Crippen molar-refractivity contribution in [1.82, 2.24) is 4.90 Å². The maximum Gasteiger partial charge on any atom is 0.416 e. The average Bonchev–Trinajstić information content (AvgIpc) is 2.96. The number of carbonyl (C=O) groups excluding carboxylic acids is 3. The number of hydrogen-bond donors (Lipinski definition) is 4. The number of aliphatic hydroxyl groups excluding tert-OH is 2. The molecule has 2 aromatic carbocycles. The predicted molar refractivity (Wildman–Crippen MR) is 157 cm³/mol. The molecule has 5 rings (SSSR count). The van der Waals surface area contributed by atoms with E-state index < -0.39 is 83.0 Å². The summed E-state index contributed by atoms with van der Waals surface area (Å²) in [5, 5.41) is 46.5. The topological polar surface area (TPSA) is 180 Å². The molecule has 0 aliphatic heterocycles. The van der Waals surface area contributed by atoms with Gasteiger partial charge in [0.2, 0.25) is 12.1 Å². The minimum Gasteiger partial charge on any atom is -0.510 e. The molecule has 3 aliphatic carbocycles. The van der Waals surface area contributed by atoms with Crippen molar-refractivity contribution in [2.45, 2.75) is 37.5 Å². The number of para-hydroxylation sites is 1. The first-order valence-electron chi connectivity index (χ1n) is 13.8. The number of nitrogens with zero attached hydrogens (tertiary/aromatic N) is 1. The van der Waals surface area contributed by atoms with Gasteiger partial charge in [0.1, 0.15) is 28.6 Å². The highest BCUT2D eigenvalue weighted by Crippen LogP contribution is 2.57. The number of benzene rings is 2. The Bertz CT molecular complexity index is 1660. The van der Waals surface area contributed by atoms with Crippen molar-refractivity contribution in [3.63, 3.8) is 0 Å². The van der Waals surface area contributed by atoms with Gasteiger partial charge in [0.15, 0.2) is 17.2 Å². The molecule has 0 heterocycles. The number of rotatable bonds is 8. The predicted octanol–water partition coefficient (Wildman–Crippen LogP) is 3.44. The number of aliphatic hydroxyl groups is 4. The summed E-state index contributed by atoms with van der Waals surface area (Å²) in [6.45, 7) is 2.47. The normalized spacial score (nSPS) is 29.5. The molecule has 44 heavy (non-hydrogen) atoms. The summed E-state index contributed by atoms with van der Waals surface area (Å²) in [5.41, 5.74) is -5.75. The summed E-state index contributed by atoms with van der Waals surface area (Å²) >= 11 is 0. The number of ketones is 3. The molecule has 234 valence electrons. The fourth-order valence-electron chi connectivity index (χ4n) is 6.62. The molecule has 0 fully saturated rings. The summed E-state index contributed by atoms with van der Waals surface area (Å²) < 4.78 is 29.8. The third-order valence-corrected chi connectivity index (χ3v) is 10.2. The highest BCUT2D eigenvalue weighted by Gasteiger charge is 2.65. The number of fused-ring (bicyclic) bond motifs is 3. The van der Waals surface area contributed by atoms with E-state index in [2.05, 4.69) is 0 Å². The third-order valence-electron chi connectivity index (χ3n) is 8.76. The Morgan fingerprint density at radius 1 is 1.07 bits per heavy atom. The highest BCUT2D eigenvalue weighted by molar-refractivity contribution is 7.54. The van der Waals surface area contributed by atoms with Gasteiger partial charge in [-0.05, 0) is 58.1 Å². The molecule has 6 unspecified atom stereocenters. The molecule has 0 spiro atoms. The van der Waals surface area contributed by atoms with Crippen molar-refractivity contribution in [3.05, 3.63) is 82.3 Å². The molecule has 2 aromatic rings. The van der Waals surface area contributed by atoms with E-state index in [1.165, 1.54) is 37.1 Å². The van der Waals surface area contributed by atoms with Crippen LogP contribution >= 0.6 is 7.60 Å². The van der Waals surface area contributed by atoms with Crippen molar-refractivity contribution in [2.24, 2.45) is 11.8 Å². The lowest BCUT2D eigenvalue weighted by Crippen LogP contribution is -2.64. The van der Waals surface area contributed by atoms with Gasteiger partial charge in [-0.25, -0.2) is 4.57 Å². The van der Waals surface area contributed by atoms with Crippen molar-refractivity contribution < 1.29 is 53.2 Å². The number of carbonyl (C=O) groups is 3. The summed E-state index contributed by atoms with van der Waals surface area (Å²) in [4.78, 5) is 41.7. The van der Waals surface area contributed by atoms with Gasteiger partial charge in [0, 0.05) is 24.5 Å². The van der Waals surface area contributed by atoms with Crippen LogP contribution in [0.25, 0.3) is 0 Å². The summed E-state index contributed by atoms with van der Waals surface area (Å²) in [5.74, 6) is -6.69. The molecule has 0 saturated heterocycles. The second-order valence-electron chi connectivity index (χ2n) is 11.6. The van der Waals surface area contributed by atoms with Gasteiger partial charge in [-0.15, -0.1) is 0 Å². The largest absolute Gasteiger partial charge is 0.510 e. The van der Waals surface area contributed by atoms with Crippen LogP contribution in [-0.4, -0.2) is 81.9 Å². The lowest BCUT2D eigenvalue weighted by Gasteiger charge is -2.52. The quantitative estimate of drug-likeness (QED) is 0.248. The Morgan fingerprint density at radius 2 is 1.73 bits per heavy atom. The van der Waals surface area contributed by atoms with Crippen LogP contribution in [0, 0.1) is 11.8 Å². The van der Waals surface area contributed by atoms with E-state index in [4.69, 9.17) is 13.8 Å². The van der Waals surface area contributed by atoms with Gasteiger partial charge in [-0.1, -0.05) is 30.3 Å². The molecule has 13 heteroatoms. The molecular weight excluding hydrogens is 593 g/mol. The third kappa shape index (κ3) is 4.69. The first kappa shape index (κ1) is 31.6. The number of Topliss-reactive ketones (excluding diaryl/α,β-unsaturated/α-hetero) is 3. The molecule has 3 aliphatic rings. The van der Waals surface area contributed by atoms with E-state index in [0.717, 1.165) is 6.92 Å². The molecule has 0 radical (unpaired) electrons.